The van der Waals surface area contributed by atoms with Crippen molar-refractivity contribution in [3.8, 4) is 10.6 Å². The molecule has 0 saturated carbocycles. The Bertz CT molecular complexity index is 691. The van der Waals surface area contributed by atoms with Gasteiger partial charge in [0, 0.05) is 10.0 Å². The quantitative estimate of drug-likeness (QED) is 0.729. The third kappa shape index (κ3) is 5.29. The van der Waals surface area contributed by atoms with Gasteiger partial charge in [0.25, 0.3) is 0 Å². The maximum absolute atomic E-state index is 12.1. The van der Waals surface area contributed by atoms with Crippen LogP contribution in [0.25, 0.3) is 10.6 Å². The highest BCUT2D eigenvalue weighted by molar-refractivity contribution is 9.10. The summed E-state index contributed by atoms with van der Waals surface area (Å²) in [6, 6.07) is 7.68. The maximum Gasteiger partial charge on any atom is 0.315 e. The van der Waals surface area contributed by atoms with Crippen molar-refractivity contribution in [1.82, 2.24) is 10.2 Å². The predicted molar refractivity (Wildman–Crippen MR) is 95.6 cm³/mol. The molecule has 0 aliphatic rings. The number of esters is 1. The Kier molecular flexibility index (Phi) is 6.55. The van der Waals surface area contributed by atoms with Gasteiger partial charge in [-0.2, -0.15) is 0 Å². The second kappa shape index (κ2) is 8.42. The summed E-state index contributed by atoms with van der Waals surface area (Å²) in [6.07, 6.45) is 0. The first kappa shape index (κ1) is 17.9. The van der Waals surface area contributed by atoms with E-state index in [1.54, 1.807) is 6.92 Å². The average Bonchev–Trinajstić information content (AvgIpc) is 3.01. The Balaban J connectivity index is 1.94. The Morgan fingerprint density at radius 2 is 2.04 bits per heavy atom. The zero-order chi connectivity index (χ0) is 16.8. The molecule has 9 heteroatoms. The molecule has 0 bridgehead atoms. The van der Waals surface area contributed by atoms with E-state index in [1.807, 2.05) is 24.3 Å². The van der Waals surface area contributed by atoms with Crippen LogP contribution in [0.1, 0.15) is 6.92 Å². The lowest BCUT2D eigenvalue weighted by Gasteiger charge is -2.08. The van der Waals surface area contributed by atoms with Gasteiger partial charge >= 0.3 is 5.97 Å². The smallest absolute Gasteiger partial charge is 0.315 e. The van der Waals surface area contributed by atoms with Crippen LogP contribution in [0.2, 0.25) is 0 Å². The van der Waals surface area contributed by atoms with Gasteiger partial charge in [0.15, 0.2) is 0 Å². The van der Waals surface area contributed by atoms with Gasteiger partial charge in [0.05, 0.1) is 18.1 Å². The molecule has 1 heterocycles. The molecule has 1 aromatic carbocycles. The Morgan fingerprint density at radius 1 is 1.35 bits per heavy atom. The molecule has 2 rings (SSSR count). The summed E-state index contributed by atoms with van der Waals surface area (Å²) < 4.78 is 5.53. The normalized spacial score (nSPS) is 11.8. The largest absolute Gasteiger partial charge is 0.468 e. The molecule has 122 valence electrons. The van der Waals surface area contributed by atoms with Gasteiger partial charge in [-0.05, 0) is 19.1 Å². The molecule has 1 atom stereocenters. The minimum absolute atomic E-state index is 0.130. The van der Waals surface area contributed by atoms with Gasteiger partial charge in [-0.1, -0.05) is 39.4 Å². The molecule has 0 saturated heterocycles. The number of carbonyl (C=O) groups excluding carboxylic acids is 2. The number of nitrogens with zero attached hydrogens (tertiary/aromatic N) is 2. The van der Waals surface area contributed by atoms with Crippen molar-refractivity contribution in [3.63, 3.8) is 0 Å². The number of anilines is 1. The third-order valence-electron chi connectivity index (χ3n) is 2.79. The van der Waals surface area contributed by atoms with Crippen LogP contribution in [0, 0.1) is 0 Å². The summed E-state index contributed by atoms with van der Waals surface area (Å²) in [6.45, 7) is 1.72. The fourth-order valence-electron chi connectivity index (χ4n) is 1.52. The second-order valence-electron chi connectivity index (χ2n) is 4.44. The van der Waals surface area contributed by atoms with Crippen molar-refractivity contribution in [2.45, 2.75) is 12.2 Å². The van der Waals surface area contributed by atoms with E-state index in [2.05, 4.69) is 36.2 Å². The predicted octanol–water partition coefficient (Wildman–Crippen LogP) is 3.20. The molecule has 0 radical (unpaired) electrons. The zero-order valence-electron chi connectivity index (χ0n) is 12.4. The molecule has 0 aliphatic heterocycles. The van der Waals surface area contributed by atoms with Crippen molar-refractivity contribution in [3.05, 3.63) is 28.7 Å². The third-order valence-corrected chi connectivity index (χ3v) is 5.33. The van der Waals surface area contributed by atoms with Crippen LogP contribution in [-0.4, -0.2) is 40.2 Å². The minimum Gasteiger partial charge on any atom is -0.468 e. The fraction of sp³-hybridized carbons (Fsp3) is 0.286. The highest BCUT2D eigenvalue weighted by atomic mass is 79.9. The van der Waals surface area contributed by atoms with Crippen LogP contribution in [0.4, 0.5) is 5.13 Å². The van der Waals surface area contributed by atoms with Crippen molar-refractivity contribution in [2.75, 3.05) is 18.2 Å². The van der Waals surface area contributed by atoms with Gasteiger partial charge in [-0.15, -0.1) is 22.0 Å². The highest BCUT2D eigenvalue weighted by Crippen LogP contribution is 2.27. The molecule has 23 heavy (non-hydrogen) atoms. The SMILES string of the molecule is COC(=O)CS[C@H](C)C(=O)Nc1nnc(-c2ccc(Br)cc2)s1. The molecule has 2 aromatic rings. The first-order valence-corrected chi connectivity index (χ1v) is 9.24. The average molecular weight is 416 g/mol. The molecule has 0 fully saturated rings. The highest BCUT2D eigenvalue weighted by Gasteiger charge is 2.17. The molecule has 6 nitrogen and oxygen atoms in total. The van der Waals surface area contributed by atoms with Gasteiger partial charge < -0.3 is 4.74 Å². The van der Waals surface area contributed by atoms with E-state index in [-0.39, 0.29) is 17.6 Å². The lowest BCUT2D eigenvalue weighted by Crippen LogP contribution is -2.23. The van der Waals surface area contributed by atoms with Gasteiger partial charge in [-0.3, -0.25) is 14.9 Å². The summed E-state index contributed by atoms with van der Waals surface area (Å²) >= 11 is 5.88. The van der Waals surface area contributed by atoms with E-state index >= 15 is 0 Å². The monoisotopic (exact) mass is 415 g/mol. The lowest BCUT2D eigenvalue weighted by atomic mass is 10.2. The number of methoxy groups -OCH3 is 1. The molecule has 1 N–H and O–H groups in total. The number of ether oxygens (including phenoxy) is 1. The van der Waals surface area contributed by atoms with E-state index < -0.39 is 5.25 Å². The van der Waals surface area contributed by atoms with Crippen LogP contribution in [-0.2, 0) is 14.3 Å². The van der Waals surface area contributed by atoms with Gasteiger partial charge in [0.2, 0.25) is 11.0 Å². The first-order chi connectivity index (χ1) is 11.0. The molecular weight excluding hydrogens is 402 g/mol. The zero-order valence-corrected chi connectivity index (χ0v) is 15.6. The number of hydrogen-bond acceptors (Lipinski definition) is 7. The number of hydrogen-bond donors (Lipinski definition) is 1. The van der Waals surface area contributed by atoms with Crippen LogP contribution < -0.4 is 5.32 Å². The molecule has 1 amide bonds. The molecule has 0 aliphatic carbocycles. The number of thioether (sulfide) groups is 1. The molecular formula is C14H14BrN3O3S2. The van der Waals surface area contributed by atoms with Crippen LogP contribution in [0.15, 0.2) is 28.7 Å². The molecule has 1 aromatic heterocycles. The fourth-order valence-corrected chi connectivity index (χ4v) is 3.25. The summed E-state index contributed by atoms with van der Waals surface area (Å²) in [4.78, 5) is 23.1. The Hall–Kier alpha value is -1.45. The standard InChI is InChI=1S/C14H14BrN3O3S2/c1-8(22-7-11(19)21-2)12(20)16-14-18-17-13(23-14)9-3-5-10(15)6-4-9/h3-6,8H,7H2,1-2H3,(H,16,18,20)/t8-/m1/s1. The molecule has 0 spiro atoms. The van der Waals surface area contributed by atoms with Crippen molar-refractivity contribution in [1.29, 1.82) is 0 Å². The second-order valence-corrected chi connectivity index (χ2v) is 7.66. The number of halogens is 1. The lowest BCUT2D eigenvalue weighted by molar-refractivity contribution is -0.137. The number of benzene rings is 1. The van der Waals surface area contributed by atoms with Crippen LogP contribution >= 0.6 is 39.0 Å². The number of nitrogens with one attached hydrogen (secondary N) is 1. The number of aromatic nitrogens is 2. The van der Waals surface area contributed by atoms with Gasteiger partial charge in [-0.25, -0.2) is 0 Å². The summed E-state index contributed by atoms with van der Waals surface area (Å²) in [5, 5.41) is 11.5. The molecule has 0 unspecified atom stereocenters. The van der Waals surface area contributed by atoms with Crippen molar-refractivity contribution < 1.29 is 14.3 Å². The van der Waals surface area contributed by atoms with Gasteiger partial charge in [0.1, 0.15) is 5.01 Å². The van der Waals surface area contributed by atoms with Crippen molar-refractivity contribution in [2.24, 2.45) is 0 Å². The van der Waals surface area contributed by atoms with E-state index in [0.29, 0.717) is 5.13 Å². The van der Waals surface area contributed by atoms with Crippen LogP contribution in [0.3, 0.4) is 0 Å². The maximum atomic E-state index is 12.1. The van der Waals surface area contributed by atoms with E-state index in [9.17, 15) is 9.59 Å². The summed E-state index contributed by atoms with van der Waals surface area (Å²) in [5.41, 5.74) is 0.930. The summed E-state index contributed by atoms with van der Waals surface area (Å²) in [5.74, 6) is -0.453. The van der Waals surface area contributed by atoms with Crippen molar-refractivity contribution >= 4 is 56.0 Å². The number of carbonyl (C=O) groups is 2. The minimum atomic E-state index is -0.394. The number of amides is 1. The first-order valence-electron chi connectivity index (χ1n) is 6.58. The van der Waals surface area contributed by atoms with E-state index in [1.165, 1.54) is 30.2 Å². The van der Waals surface area contributed by atoms with E-state index in [4.69, 9.17) is 0 Å². The van der Waals surface area contributed by atoms with E-state index in [0.717, 1.165) is 15.0 Å². The number of rotatable bonds is 6. The topological polar surface area (TPSA) is 81.2 Å². The summed E-state index contributed by atoms with van der Waals surface area (Å²) in [7, 11) is 1.32. The Labute approximate surface area is 150 Å². The Morgan fingerprint density at radius 3 is 2.70 bits per heavy atom. The van der Waals surface area contributed by atoms with Crippen LogP contribution in [0.5, 0.6) is 0 Å².